The lowest BCUT2D eigenvalue weighted by molar-refractivity contribution is -0.162. The Morgan fingerprint density at radius 1 is 1.32 bits per heavy atom. The molecule has 0 saturated carbocycles. The van der Waals surface area contributed by atoms with Crippen molar-refractivity contribution >= 4 is 5.84 Å². The second-order valence-corrected chi connectivity index (χ2v) is 3.73. The number of rotatable bonds is 5. The SMILES string of the molecule is N/C(=N/O)C(COc1ccc(CO)cc1)C(F)(F)F. The van der Waals surface area contributed by atoms with Gasteiger partial charge in [0.15, 0.2) is 5.84 Å². The summed E-state index contributed by atoms with van der Waals surface area (Å²) in [6.45, 7) is -0.965. The molecule has 4 N–H and O–H groups in total. The average molecular weight is 278 g/mol. The third-order valence-corrected chi connectivity index (χ3v) is 2.39. The third-order valence-electron chi connectivity index (χ3n) is 2.39. The number of aliphatic hydroxyl groups excluding tert-OH is 1. The summed E-state index contributed by atoms with van der Waals surface area (Å²) in [6.07, 6.45) is -4.67. The minimum absolute atomic E-state index is 0.171. The highest BCUT2D eigenvalue weighted by Crippen LogP contribution is 2.27. The topological polar surface area (TPSA) is 88.1 Å². The van der Waals surface area contributed by atoms with Crippen LogP contribution in [-0.2, 0) is 6.61 Å². The van der Waals surface area contributed by atoms with Crippen LogP contribution in [0.5, 0.6) is 5.75 Å². The van der Waals surface area contributed by atoms with Crippen LogP contribution in [0, 0.1) is 5.92 Å². The number of alkyl halides is 3. The first kappa shape index (κ1) is 15.1. The molecule has 0 spiro atoms. The van der Waals surface area contributed by atoms with E-state index in [-0.39, 0.29) is 12.4 Å². The van der Waals surface area contributed by atoms with Crippen LogP contribution in [0.1, 0.15) is 5.56 Å². The molecule has 0 aromatic heterocycles. The Labute approximate surface area is 107 Å². The molecule has 106 valence electrons. The molecule has 0 radical (unpaired) electrons. The standard InChI is InChI=1S/C11H13F3N2O3/c12-11(13,14)9(10(15)16-18)6-19-8-3-1-7(5-17)2-4-8/h1-4,9,17-18H,5-6H2,(H2,15,16). The van der Waals surface area contributed by atoms with Crippen LogP contribution in [0.15, 0.2) is 29.4 Å². The van der Waals surface area contributed by atoms with E-state index >= 15 is 0 Å². The Bertz CT molecular complexity index is 432. The van der Waals surface area contributed by atoms with Crippen molar-refractivity contribution in [2.24, 2.45) is 16.8 Å². The van der Waals surface area contributed by atoms with E-state index < -0.39 is 24.5 Å². The molecule has 1 atom stereocenters. The van der Waals surface area contributed by atoms with E-state index in [1.165, 1.54) is 24.3 Å². The summed E-state index contributed by atoms with van der Waals surface area (Å²) in [5, 5.41) is 19.5. The van der Waals surface area contributed by atoms with Gasteiger partial charge in [-0.25, -0.2) is 0 Å². The van der Waals surface area contributed by atoms with E-state index in [1.807, 2.05) is 0 Å². The Morgan fingerprint density at radius 2 is 1.89 bits per heavy atom. The van der Waals surface area contributed by atoms with Gasteiger partial charge in [0.05, 0.1) is 6.61 Å². The molecule has 0 aliphatic carbocycles. The number of oxime groups is 1. The highest BCUT2D eigenvalue weighted by atomic mass is 19.4. The highest BCUT2D eigenvalue weighted by Gasteiger charge is 2.43. The predicted octanol–water partition coefficient (Wildman–Crippen LogP) is 1.48. The maximum absolute atomic E-state index is 12.6. The van der Waals surface area contributed by atoms with Crippen molar-refractivity contribution in [3.8, 4) is 5.75 Å². The second kappa shape index (κ2) is 6.28. The molecule has 1 aromatic carbocycles. The zero-order valence-corrected chi connectivity index (χ0v) is 9.76. The molecule has 5 nitrogen and oxygen atoms in total. The zero-order chi connectivity index (χ0) is 14.5. The molecule has 0 aliphatic heterocycles. The lowest BCUT2D eigenvalue weighted by Crippen LogP contribution is -2.40. The van der Waals surface area contributed by atoms with Gasteiger partial charge in [-0.05, 0) is 17.7 Å². The van der Waals surface area contributed by atoms with Crippen molar-refractivity contribution in [3.63, 3.8) is 0 Å². The second-order valence-electron chi connectivity index (χ2n) is 3.73. The van der Waals surface area contributed by atoms with Gasteiger partial charge in [0, 0.05) is 0 Å². The maximum Gasteiger partial charge on any atom is 0.402 e. The van der Waals surface area contributed by atoms with Gasteiger partial charge in [0.1, 0.15) is 18.3 Å². The van der Waals surface area contributed by atoms with Gasteiger partial charge in [-0.2, -0.15) is 13.2 Å². The predicted molar refractivity (Wildman–Crippen MR) is 60.8 cm³/mol. The fraction of sp³-hybridized carbons (Fsp3) is 0.364. The number of benzene rings is 1. The van der Waals surface area contributed by atoms with Crippen molar-refractivity contribution in [2.75, 3.05) is 6.61 Å². The number of nitrogens with zero attached hydrogens (tertiary/aromatic N) is 1. The summed E-state index contributed by atoms with van der Waals surface area (Å²) in [5.74, 6) is -2.95. The fourth-order valence-electron chi connectivity index (χ4n) is 1.29. The molecule has 1 unspecified atom stereocenters. The largest absolute Gasteiger partial charge is 0.492 e. The van der Waals surface area contributed by atoms with Crippen molar-refractivity contribution in [1.82, 2.24) is 0 Å². The summed E-state index contributed by atoms with van der Waals surface area (Å²) in [4.78, 5) is 0. The average Bonchev–Trinajstić information content (AvgIpc) is 2.37. The molecule has 0 saturated heterocycles. The molecule has 0 aliphatic rings. The molecular weight excluding hydrogens is 265 g/mol. The van der Waals surface area contributed by atoms with Crippen LogP contribution in [0.4, 0.5) is 13.2 Å². The van der Waals surface area contributed by atoms with Crippen LogP contribution in [0.2, 0.25) is 0 Å². The van der Waals surface area contributed by atoms with Gasteiger partial charge in [0.2, 0.25) is 0 Å². The lowest BCUT2D eigenvalue weighted by Gasteiger charge is -2.19. The van der Waals surface area contributed by atoms with E-state index in [9.17, 15) is 13.2 Å². The number of halogens is 3. The molecule has 1 rings (SSSR count). The van der Waals surface area contributed by atoms with Gasteiger partial charge in [-0.3, -0.25) is 0 Å². The van der Waals surface area contributed by atoms with E-state index in [2.05, 4.69) is 5.16 Å². The van der Waals surface area contributed by atoms with Gasteiger partial charge in [0.25, 0.3) is 0 Å². The van der Waals surface area contributed by atoms with Gasteiger partial charge in [-0.15, -0.1) is 0 Å². The van der Waals surface area contributed by atoms with Crippen LogP contribution in [0.3, 0.4) is 0 Å². The molecule has 1 aromatic rings. The minimum Gasteiger partial charge on any atom is -0.492 e. The van der Waals surface area contributed by atoms with Gasteiger partial charge < -0.3 is 20.8 Å². The lowest BCUT2D eigenvalue weighted by atomic mass is 10.1. The normalized spacial score (nSPS) is 14.2. The number of ether oxygens (including phenoxy) is 1. The summed E-state index contributed by atoms with van der Waals surface area (Å²) in [7, 11) is 0. The summed E-state index contributed by atoms with van der Waals surface area (Å²) in [5.41, 5.74) is 5.59. The molecule has 19 heavy (non-hydrogen) atoms. The number of amidine groups is 1. The summed E-state index contributed by atoms with van der Waals surface area (Å²) >= 11 is 0. The highest BCUT2D eigenvalue weighted by molar-refractivity contribution is 5.83. The van der Waals surface area contributed by atoms with Gasteiger partial charge >= 0.3 is 6.18 Å². The van der Waals surface area contributed by atoms with E-state index in [0.717, 1.165) is 0 Å². The van der Waals surface area contributed by atoms with Crippen LogP contribution < -0.4 is 10.5 Å². The third kappa shape index (κ3) is 4.32. The number of nitrogens with two attached hydrogens (primary N) is 1. The maximum atomic E-state index is 12.6. The minimum atomic E-state index is -4.67. The smallest absolute Gasteiger partial charge is 0.402 e. The first-order chi connectivity index (χ1) is 8.88. The zero-order valence-electron chi connectivity index (χ0n) is 9.76. The Balaban J connectivity index is 2.71. The molecule has 0 bridgehead atoms. The Kier molecular flexibility index (Phi) is 4.99. The summed E-state index contributed by atoms with van der Waals surface area (Å²) < 4.78 is 42.7. The van der Waals surface area contributed by atoms with Crippen LogP contribution in [-0.4, -0.2) is 28.9 Å². The van der Waals surface area contributed by atoms with E-state index in [0.29, 0.717) is 5.56 Å². The number of hydrogen-bond acceptors (Lipinski definition) is 4. The Morgan fingerprint density at radius 3 is 2.32 bits per heavy atom. The quantitative estimate of drug-likeness (QED) is 0.329. The van der Waals surface area contributed by atoms with Gasteiger partial charge in [-0.1, -0.05) is 17.3 Å². The monoisotopic (exact) mass is 278 g/mol. The molecule has 0 amide bonds. The number of hydrogen-bond donors (Lipinski definition) is 3. The van der Waals surface area contributed by atoms with E-state index in [4.69, 9.17) is 20.8 Å². The van der Waals surface area contributed by atoms with Crippen molar-refractivity contribution in [2.45, 2.75) is 12.8 Å². The molecule has 0 fully saturated rings. The van der Waals surface area contributed by atoms with Crippen molar-refractivity contribution in [1.29, 1.82) is 0 Å². The van der Waals surface area contributed by atoms with Crippen molar-refractivity contribution < 1.29 is 28.2 Å². The first-order valence-electron chi connectivity index (χ1n) is 5.25. The molecule has 0 heterocycles. The van der Waals surface area contributed by atoms with Crippen LogP contribution >= 0.6 is 0 Å². The first-order valence-corrected chi connectivity index (χ1v) is 5.25. The molecule has 8 heteroatoms. The Hall–Kier alpha value is -1.96. The summed E-state index contributed by atoms with van der Waals surface area (Å²) in [6, 6.07) is 5.87. The number of aliphatic hydroxyl groups is 1. The van der Waals surface area contributed by atoms with Crippen LogP contribution in [0.25, 0.3) is 0 Å². The van der Waals surface area contributed by atoms with Crippen molar-refractivity contribution in [3.05, 3.63) is 29.8 Å². The fourth-order valence-corrected chi connectivity index (χ4v) is 1.29. The van der Waals surface area contributed by atoms with E-state index in [1.54, 1.807) is 0 Å². The molecular formula is C11H13F3N2O3.